The first-order chi connectivity index (χ1) is 14.5. The first kappa shape index (κ1) is 20.9. The van der Waals surface area contributed by atoms with Crippen LogP contribution in [0.5, 0.6) is 5.75 Å². The molecule has 3 aromatic rings. The predicted molar refractivity (Wildman–Crippen MR) is 116 cm³/mol. The Morgan fingerprint density at radius 2 is 1.40 bits per heavy atom. The Hall–Kier alpha value is -3.84. The summed E-state index contributed by atoms with van der Waals surface area (Å²) < 4.78 is 10.3. The number of carbonyl (C=O) groups is 2. The summed E-state index contributed by atoms with van der Waals surface area (Å²) in [5, 5.41) is 0. The van der Waals surface area contributed by atoms with Crippen molar-refractivity contribution in [3.63, 3.8) is 0 Å². The van der Waals surface area contributed by atoms with Gasteiger partial charge in [0.1, 0.15) is 5.75 Å². The van der Waals surface area contributed by atoms with Gasteiger partial charge in [0.25, 0.3) is 0 Å². The third-order valence-corrected chi connectivity index (χ3v) is 4.50. The van der Waals surface area contributed by atoms with Gasteiger partial charge in [0, 0.05) is 16.7 Å². The summed E-state index contributed by atoms with van der Waals surface area (Å²) in [6.07, 6.45) is 0. The van der Waals surface area contributed by atoms with Gasteiger partial charge in [-0.05, 0) is 80.1 Å². The van der Waals surface area contributed by atoms with Crippen LogP contribution < -0.4 is 4.74 Å². The van der Waals surface area contributed by atoms with Crippen LogP contribution in [0.15, 0.2) is 66.7 Å². The van der Waals surface area contributed by atoms with Crippen molar-refractivity contribution in [3.8, 4) is 17.6 Å². The van der Waals surface area contributed by atoms with E-state index in [-0.39, 0.29) is 11.8 Å². The van der Waals surface area contributed by atoms with Crippen LogP contribution in [-0.4, -0.2) is 25.5 Å². The van der Waals surface area contributed by atoms with Crippen LogP contribution in [0.4, 0.5) is 0 Å². The van der Waals surface area contributed by atoms with E-state index >= 15 is 0 Å². The molecule has 150 valence electrons. The Kier molecular flexibility index (Phi) is 6.67. The molecule has 0 aliphatic rings. The van der Waals surface area contributed by atoms with Gasteiger partial charge in [-0.2, -0.15) is 0 Å². The van der Waals surface area contributed by atoms with Gasteiger partial charge in [-0.25, -0.2) is 4.79 Å². The lowest BCUT2D eigenvalue weighted by Gasteiger charge is -2.08. The summed E-state index contributed by atoms with van der Waals surface area (Å²) in [6, 6.07) is 19.6. The van der Waals surface area contributed by atoms with E-state index in [0.29, 0.717) is 29.0 Å². The molecular weight excluding hydrogens is 376 g/mol. The maximum atomic E-state index is 12.8. The number of benzene rings is 3. The molecule has 0 aliphatic heterocycles. The molecule has 0 bridgehead atoms. The standard InChI is InChI=1S/C26H22O4/c1-4-30-26(28)22-14-10-20(11-15-22)7-6-19-8-12-21(13-9-19)25(27)23-16-5-18(2)17-24(23)29-3/h5,8-17H,4H2,1-3H3. The molecule has 0 aromatic heterocycles. The number of aryl methyl sites for hydroxylation is 1. The molecule has 0 aliphatic carbocycles. The smallest absolute Gasteiger partial charge is 0.338 e. The van der Waals surface area contributed by atoms with Gasteiger partial charge in [0.2, 0.25) is 0 Å². The highest BCUT2D eigenvalue weighted by molar-refractivity contribution is 6.10. The van der Waals surface area contributed by atoms with Gasteiger partial charge in [-0.15, -0.1) is 0 Å². The highest BCUT2D eigenvalue weighted by Gasteiger charge is 2.14. The van der Waals surface area contributed by atoms with Crippen LogP contribution in [0.25, 0.3) is 0 Å². The van der Waals surface area contributed by atoms with Crippen LogP contribution in [0.3, 0.4) is 0 Å². The molecule has 0 atom stereocenters. The van der Waals surface area contributed by atoms with Gasteiger partial charge < -0.3 is 9.47 Å². The van der Waals surface area contributed by atoms with Crippen molar-refractivity contribution in [1.82, 2.24) is 0 Å². The first-order valence-corrected chi connectivity index (χ1v) is 9.60. The second-order valence-electron chi connectivity index (χ2n) is 6.66. The molecule has 4 nitrogen and oxygen atoms in total. The minimum absolute atomic E-state index is 0.0964. The van der Waals surface area contributed by atoms with E-state index in [2.05, 4.69) is 11.8 Å². The van der Waals surface area contributed by atoms with Crippen molar-refractivity contribution in [1.29, 1.82) is 0 Å². The Labute approximate surface area is 176 Å². The Balaban J connectivity index is 1.74. The molecule has 0 N–H and O–H groups in total. The Morgan fingerprint density at radius 3 is 1.93 bits per heavy atom. The molecule has 0 radical (unpaired) electrons. The number of hydrogen-bond acceptors (Lipinski definition) is 4. The number of rotatable bonds is 5. The van der Waals surface area contributed by atoms with Gasteiger partial charge in [0.05, 0.1) is 24.8 Å². The fraction of sp³-hybridized carbons (Fsp3) is 0.154. The van der Waals surface area contributed by atoms with E-state index in [0.717, 1.165) is 16.7 Å². The van der Waals surface area contributed by atoms with E-state index in [4.69, 9.17) is 9.47 Å². The van der Waals surface area contributed by atoms with Gasteiger partial charge in [0.15, 0.2) is 5.78 Å². The zero-order valence-electron chi connectivity index (χ0n) is 17.2. The monoisotopic (exact) mass is 398 g/mol. The average Bonchev–Trinajstić information content (AvgIpc) is 2.78. The molecule has 0 saturated carbocycles. The third-order valence-electron chi connectivity index (χ3n) is 4.50. The minimum Gasteiger partial charge on any atom is -0.496 e. The molecule has 0 amide bonds. The number of hydrogen-bond donors (Lipinski definition) is 0. The van der Waals surface area contributed by atoms with Gasteiger partial charge in [-0.3, -0.25) is 4.79 Å². The van der Waals surface area contributed by atoms with E-state index in [1.165, 1.54) is 0 Å². The topological polar surface area (TPSA) is 52.6 Å². The highest BCUT2D eigenvalue weighted by Crippen LogP contribution is 2.23. The molecule has 0 spiro atoms. The van der Waals surface area contributed by atoms with Crippen LogP contribution >= 0.6 is 0 Å². The second-order valence-corrected chi connectivity index (χ2v) is 6.66. The van der Waals surface area contributed by atoms with E-state index in [1.807, 2.05) is 31.2 Å². The summed E-state index contributed by atoms with van der Waals surface area (Å²) in [7, 11) is 1.56. The molecule has 4 heteroatoms. The van der Waals surface area contributed by atoms with E-state index in [9.17, 15) is 9.59 Å². The fourth-order valence-electron chi connectivity index (χ4n) is 2.89. The predicted octanol–water partition coefficient (Wildman–Crippen LogP) is 4.81. The minimum atomic E-state index is -0.345. The molecule has 0 heterocycles. The Bertz CT molecular complexity index is 1110. The van der Waals surface area contributed by atoms with Crippen molar-refractivity contribution in [3.05, 3.63) is 100 Å². The number of ether oxygens (including phenoxy) is 2. The molecular formula is C26H22O4. The number of esters is 1. The molecule has 0 saturated heterocycles. The summed E-state index contributed by atoms with van der Waals surface area (Å²) in [4.78, 5) is 24.5. The number of carbonyl (C=O) groups excluding carboxylic acids is 2. The fourth-order valence-corrected chi connectivity index (χ4v) is 2.89. The number of ketones is 1. The summed E-state index contributed by atoms with van der Waals surface area (Å²) in [5.74, 6) is 6.25. The van der Waals surface area contributed by atoms with Crippen molar-refractivity contribution in [2.75, 3.05) is 13.7 Å². The SMILES string of the molecule is CCOC(=O)c1ccc(C#Cc2ccc(C(=O)c3ccc(C)cc3OC)cc2)cc1. The van der Waals surface area contributed by atoms with Gasteiger partial charge >= 0.3 is 5.97 Å². The van der Waals surface area contributed by atoms with Crippen LogP contribution in [0.2, 0.25) is 0 Å². The van der Waals surface area contributed by atoms with Gasteiger partial charge in [-0.1, -0.05) is 17.9 Å². The maximum absolute atomic E-state index is 12.8. The molecule has 0 fully saturated rings. The first-order valence-electron chi connectivity index (χ1n) is 9.60. The molecule has 3 aromatic carbocycles. The zero-order chi connectivity index (χ0) is 21.5. The summed E-state index contributed by atoms with van der Waals surface area (Å²) in [6.45, 7) is 4.07. The third kappa shape index (κ3) is 4.95. The average molecular weight is 398 g/mol. The lowest BCUT2D eigenvalue weighted by Crippen LogP contribution is -2.04. The van der Waals surface area contributed by atoms with Crippen LogP contribution in [0, 0.1) is 18.8 Å². The second kappa shape index (κ2) is 9.58. The van der Waals surface area contributed by atoms with E-state index < -0.39 is 0 Å². The van der Waals surface area contributed by atoms with E-state index in [1.54, 1.807) is 56.5 Å². The molecule has 3 rings (SSSR count). The molecule has 30 heavy (non-hydrogen) atoms. The van der Waals surface area contributed by atoms with Crippen molar-refractivity contribution in [2.45, 2.75) is 13.8 Å². The summed E-state index contributed by atoms with van der Waals surface area (Å²) >= 11 is 0. The number of methoxy groups -OCH3 is 1. The quantitative estimate of drug-likeness (QED) is 0.352. The Morgan fingerprint density at radius 1 is 0.833 bits per heavy atom. The largest absolute Gasteiger partial charge is 0.496 e. The molecule has 0 unspecified atom stereocenters. The summed E-state index contributed by atoms with van der Waals surface area (Å²) in [5.41, 5.74) is 4.20. The lowest BCUT2D eigenvalue weighted by molar-refractivity contribution is 0.0526. The van der Waals surface area contributed by atoms with Crippen molar-refractivity contribution in [2.24, 2.45) is 0 Å². The lowest BCUT2D eigenvalue weighted by atomic mass is 10.00. The zero-order valence-corrected chi connectivity index (χ0v) is 17.2. The normalized spacial score (nSPS) is 9.97. The highest BCUT2D eigenvalue weighted by atomic mass is 16.5. The van der Waals surface area contributed by atoms with Crippen LogP contribution in [-0.2, 0) is 4.74 Å². The maximum Gasteiger partial charge on any atom is 0.338 e. The van der Waals surface area contributed by atoms with Crippen molar-refractivity contribution >= 4 is 11.8 Å². The van der Waals surface area contributed by atoms with Crippen LogP contribution in [0.1, 0.15) is 49.9 Å². The van der Waals surface area contributed by atoms with Crippen molar-refractivity contribution < 1.29 is 19.1 Å².